The van der Waals surface area contributed by atoms with Gasteiger partial charge >= 0.3 is 0 Å². The van der Waals surface area contributed by atoms with Crippen LogP contribution in [0.1, 0.15) is 13.8 Å². The molecule has 0 spiro atoms. The Morgan fingerprint density at radius 1 is 1.73 bits per heavy atom. The molecule has 5 heteroatoms. The van der Waals surface area contributed by atoms with Gasteiger partial charge in [0.25, 0.3) is 0 Å². The molecule has 1 aliphatic rings. The fraction of sp³-hybridized carbons (Fsp3) is 0.500. The van der Waals surface area contributed by atoms with Gasteiger partial charge in [-0.05, 0) is 19.9 Å². The van der Waals surface area contributed by atoms with E-state index in [9.17, 15) is 8.76 Å². The molecule has 0 aromatic heterocycles. The number of hydrogen-bond donors (Lipinski definition) is 0. The maximum absolute atomic E-state index is 10.5. The lowest BCUT2D eigenvalue weighted by Crippen LogP contribution is -2.27. The van der Waals surface area contributed by atoms with E-state index in [1.54, 1.807) is 13.0 Å². The highest BCUT2D eigenvalue weighted by Crippen LogP contribution is 2.10. The van der Waals surface area contributed by atoms with Crippen LogP contribution in [0, 0.1) is 0 Å². The molecule has 1 unspecified atom stereocenters. The fourth-order valence-corrected chi connectivity index (χ4v) is 1.31. The maximum atomic E-state index is 10.5. The zero-order chi connectivity index (χ0) is 8.43. The molecule has 62 valence electrons. The van der Waals surface area contributed by atoms with Crippen molar-refractivity contribution in [2.75, 3.05) is 6.67 Å². The Morgan fingerprint density at radius 2 is 2.36 bits per heavy atom. The van der Waals surface area contributed by atoms with Crippen LogP contribution in [-0.2, 0) is 11.3 Å². The van der Waals surface area contributed by atoms with Crippen LogP contribution in [0.4, 0.5) is 0 Å². The average Bonchev–Trinajstić information content (AvgIpc) is 1.85. The second-order valence-electron chi connectivity index (χ2n) is 2.32. The SMILES string of the molecule is CC1=CC(C)=NCN1S(=O)[O-]. The normalized spacial score (nSPS) is 20.8. The van der Waals surface area contributed by atoms with E-state index in [0.29, 0.717) is 5.70 Å². The van der Waals surface area contributed by atoms with E-state index in [-0.39, 0.29) is 6.67 Å². The summed E-state index contributed by atoms with van der Waals surface area (Å²) in [6.45, 7) is 3.80. The molecule has 0 aromatic carbocycles. The Labute approximate surface area is 68.0 Å². The molecule has 0 saturated carbocycles. The first-order valence-corrected chi connectivity index (χ1v) is 4.20. The first-order chi connectivity index (χ1) is 5.11. The number of aliphatic imine (C=N–C) groups is 1. The Balaban J connectivity index is 2.80. The van der Waals surface area contributed by atoms with Crippen LogP contribution < -0.4 is 0 Å². The van der Waals surface area contributed by atoms with Crippen LogP contribution in [0.25, 0.3) is 0 Å². The summed E-state index contributed by atoms with van der Waals surface area (Å²) in [7, 11) is 0. The van der Waals surface area contributed by atoms with Gasteiger partial charge in [0.05, 0.1) is 0 Å². The third-order valence-corrected chi connectivity index (χ3v) is 2.20. The lowest BCUT2D eigenvalue weighted by Gasteiger charge is -2.27. The summed E-state index contributed by atoms with van der Waals surface area (Å²) in [6.07, 6.45) is 1.74. The molecule has 11 heavy (non-hydrogen) atoms. The predicted octanol–water partition coefficient (Wildman–Crippen LogP) is 0.418. The van der Waals surface area contributed by atoms with Gasteiger partial charge in [-0.15, -0.1) is 0 Å². The van der Waals surface area contributed by atoms with Gasteiger partial charge in [-0.1, -0.05) is 0 Å². The van der Waals surface area contributed by atoms with E-state index in [1.165, 1.54) is 4.31 Å². The van der Waals surface area contributed by atoms with E-state index in [2.05, 4.69) is 4.99 Å². The molecule has 0 N–H and O–H groups in total. The van der Waals surface area contributed by atoms with Crippen molar-refractivity contribution in [1.82, 2.24) is 4.31 Å². The summed E-state index contributed by atoms with van der Waals surface area (Å²) in [5.74, 6) is 0. The van der Waals surface area contributed by atoms with Crippen molar-refractivity contribution in [3.8, 4) is 0 Å². The molecule has 0 amide bonds. The number of rotatable bonds is 1. The van der Waals surface area contributed by atoms with Crippen LogP contribution in [0.5, 0.6) is 0 Å². The number of allylic oxidation sites excluding steroid dienone is 2. The minimum atomic E-state index is -2.19. The van der Waals surface area contributed by atoms with Crippen LogP contribution in [0.15, 0.2) is 16.8 Å². The molecule has 0 aliphatic carbocycles. The second kappa shape index (κ2) is 3.15. The highest BCUT2D eigenvalue weighted by Gasteiger charge is 2.08. The summed E-state index contributed by atoms with van der Waals surface area (Å²) < 4.78 is 22.2. The van der Waals surface area contributed by atoms with Gasteiger partial charge in [0.1, 0.15) is 6.67 Å². The Bertz CT molecular complexity index is 247. The quantitative estimate of drug-likeness (QED) is 0.539. The first kappa shape index (κ1) is 8.42. The summed E-state index contributed by atoms with van der Waals surface area (Å²) in [5.41, 5.74) is 1.58. The Hall–Kier alpha value is -0.680. The van der Waals surface area contributed by atoms with Gasteiger partial charge in [0.2, 0.25) is 0 Å². The summed E-state index contributed by atoms with van der Waals surface area (Å²) in [5, 5.41) is 0. The van der Waals surface area contributed by atoms with Crippen molar-refractivity contribution in [1.29, 1.82) is 0 Å². The van der Waals surface area contributed by atoms with Crippen molar-refractivity contribution < 1.29 is 8.76 Å². The Morgan fingerprint density at radius 3 is 2.82 bits per heavy atom. The van der Waals surface area contributed by atoms with E-state index < -0.39 is 11.3 Å². The van der Waals surface area contributed by atoms with Crippen LogP contribution >= 0.6 is 0 Å². The smallest absolute Gasteiger partial charge is 0.121 e. The molecular weight excluding hydrogens is 164 g/mol. The van der Waals surface area contributed by atoms with E-state index in [0.717, 1.165) is 5.71 Å². The second-order valence-corrected chi connectivity index (χ2v) is 3.20. The lowest BCUT2D eigenvalue weighted by atomic mass is 10.3. The first-order valence-electron chi connectivity index (χ1n) is 3.17. The van der Waals surface area contributed by atoms with Gasteiger partial charge in [0.15, 0.2) is 0 Å². The third kappa shape index (κ3) is 1.87. The lowest BCUT2D eigenvalue weighted by molar-refractivity contribution is 0.443. The van der Waals surface area contributed by atoms with Gasteiger partial charge in [-0.25, -0.2) is 0 Å². The van der Waals surface area contributed by atoms with Gasteiger partial charge < -0.3 is 4.55 Å². The molecule has 1 heterocycles. The largest absolute Gasteiger partial charge is 0.755 e. The zero-order valence-corrected chi connectivity index (χ0v) is 7.22. The summed E-state index contributed by atoms with van der Waals surface area (Å²) in [6, 6.07) is 0. The monoisotopic (exact) mass is 173 g/mol. The van der Waals surface area contributed by atoms with Crippen molar-refractivity contribution in [2.45, 2.75) is 13.8 Å². The zero-order valence-electron chi connectivity index (χ0n) is 6.40. The minimum absolute atomic E-state index is 0.213. The molecule has 1 rings (SSSR count). The third-order valence-electron chi connectivity index (χ3n) is 1.44. The van der Waals surface area contributed by atoms with E-state index in [1.807, 2.05) is 6.92 Å². The van der Waals surface area contributed by atoms with Crippen molar-refractivity contribution >= 4 is 17.0 Å². The van der Waals surface area contributed by atoms with Crippen LogP contribution in [0.2, 0.25) is 0 Å². The van der Waals surface area contributed by atoms with Crippen LogP contribution in [-0.4, -0.2) is 25.4 Å². The van der Waals surface area contributed by atoms with E-state index >= 15 is 0 Å². The summed E-state index contributed by atoms with van der Waals surface area (Å²) >= 11 is -2.19. The predicted molar refractivity (Wildman–Crippen MR) is 42.5 cm³/mol. The molecule has 1 aliphatic heterocycles. The standard InChI is InChI=1S/C6H10N2O2S/c1-5-3-6(2)8(4-7-5)11(9)10/h3H,4H2,1-2H3,(H,9,10)/p-1. The molecule has 0 fully saturated rings. The number of nitrogens with zero attached hydrogens (tertiary/aromatic N) is 2. The molecule has 4 nitrogen and oxygen atoms in total. The van der Waals surface area contributed by atoms with Crippen molar-refractivity contribution in [3.05, 3.63) is 11.8 Å². The Kier molecular flexibility index (Phi) is 2.41. The molecule has 0 aromatic rings. The molecule has 0 bridgehead atoms. The van der Waals surface area contributed by atoms with E-state index in [4.69, 9.17) is 0 Å². The van der Waals surface area contributed by atoms with Gasteiger partial charge in [-0.2, -0.15) is 0 Å². The average molecular weight is 173 g/mol. The van der Waals surface area contributed by atoms with Crippen molar-refractivity contribution in [3.63, 3.8) is 0 Å². The molecular formula is C6H9N2O2S-. The number of hydrogen-bond acceptors (Lipinski definition) is 3. The molecule has 0 saturated heterocycles. The fourth-order valence-electron chi connectivity index (χ4n) is 0.872. The maximum Gasteiger partial charge on any atom is 0.121 e. The van der Waals surface area contributed by atoms with Gasteiger partial charge in [-0.3, -0.25) is 13.5 Å². The molecule has 0 radical (unpaired) electrons. The van der Waals surface area contributed by atoms with Crippen molar-refractivity contribution in [2.24, 2.45) is 4.99 Å². The highest BCUT2D eigenvalue weighted by atomic mass is 32.2. The minimum Gasteiger partial charge on any atom is -0.755 e. The molecule has 1 atom stereocenters. The van der Waals surface area contributed by atoms with Crippen LogP contribution in [0.3, 0.4) is 0 Å². The topological polar surface area (TPSA) is 55.7 Å². The highest BCUT2D eigenvalue weighted by molar-refractivity contribution is 7.76. The van der Waals surface area contributed by atoms with Gasteiger partial charge in [0, 0.05) is 22.7 Å². The summed E-state index contributed by atoms with van der Waals surface area (Å²) in [4.78, 5) is 3.96.